The number of hydrogen-bond acceptors (Lipinski definition) is 5. The maximum atomic E-state index is 13.7. The van der Waals surface area contributed by atoms with Crippen molar-refractivity contribution in [2.75, 3.05) is 44.2 Å². The van der Waals surface area contributed by atoms with Gasteiger partial charge in [-0.1, -0.05) is 36.9 Å². The molecule has 2 aromatic carbocycles. The Kier molecular flexibility index (Phi) is 8.80. The van der Waals surface area contributed by atoms with Crippen LogP contribution in [0.15, 0.2) is 47.4 Å². The summed E-state index contributed by atoms with van der Waals surface area (Å²) in [6, 6.07) is 12.2. The Morgan fingerprint density at radius 1 is 1.03 bits per heavy atom. The zero-order valence-corrected chi connectivity index (χ0v) is 22.7. The van der Waals surface area contributed by atoms with E-state index in [-0.39, 0.29) is 23.4 Å². The van der Waals surface area contributed by atoms with E-state index < -0.39 is 10.0 Å². The molecule has 0 bridgehead atoms. The second-order valence-electron chi connectivity index (χ2n) is 9.55. The molecule has 9 heteroatoms. The van der Waals surface area contributed by atoms with E-state index in [0.29, 0.717) is 43.6 Å². The molecule has 7 nitrogen and oxygen atoms in total. The zero-order valence-electron chi connectivity index (χ0n) is 21.2. The maximum Gasteiger partial charge on any atom is 0.243 e. The van der Waals surface area contributed by atoms with Crippen LogP contribution in [0.5, 0.6) is 5.75 Å². The van der Waals surface area contributed by atoms with Crippen LogP contribution in [-0.2, 0) is 14.8 Å². The topological polar surface area (TPSA) is 70.2 Å². The molecule has 2 aromatic rings. The number of hydrogen-bond donors (Lipinski definition) is 0. The lowest BCUT2D eigenvalue weighted by atomic mass is 9.95. The number of amides is 1. The molecule has 1 saturated heterocycles. The van der Waals surface area contributed by atoms with Crippen molar-refractivity contribution in [3.05, 3.63) is 53.1 Å². The van der Waals surface area contributed by atoms with Crippen LogP contribution in [-0.4, -0.2) is 68.9 Å². The average Bonchev–Trinajstić information content (AvgIpc) is 2.89. The van der Waals surface area contributed by atoms with Gasteiger partial charge in [-0.2, -0.15) is 4.31 Å². The number of carbonyl (C=O) groups is 1. The molecule has 2 fully saturated rings. The molecule has 36 heavy (non-hydrogen) atoms. The van der Waals surface area contributed by atoms with E-state index in [1.165, 1.54) is 4.31 Å². The minimum atomic E-state index is -3.83. The Balaban J connectivity index is 1.47. The van der Waals surface area contributed by atoms with Gasteiger partial charge in [-0.25, -0.2) is 8.42 Å². The average molecular weight is 534 g/mol. The van der Waals surface area contributed by atoms with Crippen molar-refractivity contribution in [1.82, 2.24) is 9.21 Å². The molecule has 0 spiro atoms. The summed E-state index contributed by atoms with van der Waals surface area (Å²) >= 11 is 6.20. The second-order valence-corrected chi connectivity index (χ2v) is 11.9. The number of sulfonamides is 1. The van der Waals surface area contributed by atoms with Crippen molar-refractivity contribution in [3.63, 3.8) is 0 Å². The molecule has 1 aliphatic carbocycles. The van der Waals surface area contributed by atoms with Gasteiger partial charge in [0.1, 0.15) is 5.75 Å². The highest BCUT2D eigenvalue weighted by Crippen LogP contribution is 2.29. The quantitative estimate of drug-likeness (QED) is 0.491. The standard InChI is InChI=1S/C27H36ClN3O4S/c1-3-35-24-11-13-25(14-12-24)36(33,34)31(23-7-5-4-6-8-23)20-27(32)30-17-15-29(16-18-30)26-19-22(28)10-9-21(26)2/h9-14,19,23H,3-8,15-18,20H2,1-2H3. The predicted octanol–water partition coefficient (Wildman–Crippen LogP) is 4.72. The lowest BCUT2D eigenvalue weighted by Crippen LogP contribution is -2.53. The Labute approximate surface area is 220 Å². The van der Waals surface area contributed by atoms with Crippen LogP contribution >= 0.6 is 11.6 Å². The third-order valence-electron chi connectivity index (χ3n) is 7.16. The van der Waals surface area contributed by atoms with Gasteiger partial charge < -0.3 is 14.5 Å². The van der Waals surface area contributed by atoms with Crippen molar-refractivity contribution >= 4 is 33.2 Å². The summed E-state index contributed by atoms with van der Waals surface area (Å²) in [5, 5.41) is 0.691. The summed E-state index contributed by atoms with van der Waals surface area (Å²) in [6.07, 6.45) is 4.63. The van der Waals surface area contributed by atoms with Crippen LogP contribution in [0.1, 0.15) is 44.6 Å². The molecule has 1 saturated carbocycles. The molecule has 2 aliphatic rings. The van der Waals surface area contributed by atoms with Crippen molar-refractivity contribution in [3.8, 4) is 5.75 Å². The van der Waals surface area contributed by atoms with E-state index in [9.17, 15) is 13.2 Å². The van der Waals surface area contributed by atoms with Crippen LogP contribution in [0.3, 0.4) is 0 Å². The predicted molar refractivity (Wildman–Crippen MR) is 143 cm³/mol. The van der Waals surface area contributed by atoms with E-state index in [2.05, 4.69) is 11.8 Å². The summed E-state index contributed by atoms with van der Waals surface area (Å²) in [5.74, 6) is 0.488. The van der Waals surface area contributed by atoms with Crippen molar-refractivity contribution in [2.24, 2.45) is 0 Å². The Morgan fingerprint density at radius 2 is 1.69 bits per heavy atom. The monoisotopic (exact) mass is 533 g/mol. The van der Waals surface area contributed by atoms with Gasteiger partial charge in [0.15, 0.2) is 0 Å². The maximum absolute atomic E-state index is 13.7. The molecular weight excluding hydrogens is 498 g/mol. The van der Waals surface area contributed by atoms with E-state index in [0.717, 1.165) is 43.4 Å². The van der Waals surface area contributed by atoms with Crippen molar-refractivity contribution in [1.29, 1.82) is 0 Å². The number of aryl methyl sites for hydroxylation is 1. The first-order valence-electron chi connectivity index (χ1n) is 12.8. The minimum Gasteiger partial charge on any atom is -0.494 e. The van der Waals surface area contributed by atoms with E-state index >= 15 is 0 Å². The number of rotatable bonds is 8. The van der Waals surface area contributed by atoms with Crippen molar-refractivity contribution in [2.45, 2.75) is 56.9 Å². The number of benzene rings is 2. The molecule has 4 rings (SSSR count). The molecular formula is C27H36ClN3O4S. The normalized spacial score (nSPS) is 17.4. The molecule has 196 valence electrons. The summed E-state index contributed by atoms with van der Waals surface area (Å²) in [7, 11) is -3.83. The third kappa shape index (κ3) is 6.15. The van der Waals surface area contributed by atoms with Crippen LogP contribution in [0.2, 0.25) is 5.02 Å². The van der Waals surface area contributed by atoms with Crippen LogP contribution in [0, 0.1) is 6.92 Å². The van der Waals surface area contributed by atoms with Gasteiger partial charge in [-0.15, -0.1) is 0 Å². The van der Waals surface area contributed by atoms with Gasteiger partial charge >= 0.3 is 0 Å². The van der Waals surface area contributed by atoms with Crippen LogP contribution < -0.4 is 9.64 Å². The third-order valence-corrected chi connectivity index (χ3v) is 9.31. The van der Waals surface area contributed by atoms with E-state index in [1.54, 1.807) is 29.2 Å². The number of ether oxygens (including phenoxy) is 1. The van der Waals surface area contributed by atoms with Gasteiger partial charge in [-0.05, 0) is 68.7 Å². The molecule has 0 atom stereocenters. The highest BCUT2D eigenvalue weighted by molar-refractivity contribution is 7.89. The minimum absolute atomic E-state index is 0.129. The first-order valence-corrected chi connectivity index (χ1v) is 14.6. The molecule has 0 unspecified atom stereocenters. The number of nitrogens with zero attached hydrogens (tertiary/aromatic N) is 3. The number of anilines is 1. The molecule has 0 radical (unpaired) electrons. The summed E-state index contributed by atoms with van der Waals surface area (Å²) < 4.78 is 34.4. The van der Waals surface area contributed by atoms with Crippen LogP contribution in [0.25, 0.3) is 0 Å². The van der Waals surface area contributed by atoms with Gasteiger partial charge in [0, 0.05) is 42.9 Å². The molecule has 1 heterocycles. The summed E-state index contributed by atoms with van der Waals surface area (Å²) in [4.78, 5) is 17.6. The first kappa shape index (κ1) is 26.8. The van der Waals surface area contributed by atoms with Crippen molar-refractivity contribution < 1.29 is 17.9 Å². The second kappa shape index (κ2) is 11.8. The van der Waals surface area contributed by atoms with E-state index in [1.807, 2.05) is 25.1 Å². The fourth-order valence-corrected chi connectivity index (χ4v) is 6.94. The lowest BCUT2D eigenvalue weighted by molar-refractivity contribution is -0.132. The van der Waals surface area contributed by atoms with Crippen LogP contribution in [0.4, 0.5) is 5.69 Å². The number of carbonyl (C=O) groups excluding carboxylic acids is 1. The molecule has 0 N–H and O–H groups in total. The zero-order chi connectivity index (χ0) is 25.7. The number of piperazine rings is 1. The Bertz CT molecular complexity index is 1140. The van der Waals surface area contributed by atoms with Gasteiger partial charge in [0.25, 0.3) is 0 Å². The fourth-order valence-electron chi connectivity index (χ4n) is 5.14. The molecule has 1 amide bonds. The largest absolute Gasteiger partial charge is 0.494 e. The van der Waals surface area contributed by atoms with E-state index in [4.69, 9.17) is 16.3 Å². The lowest BCUT2D eigenvalue weighted by Gasteiger charge is -2.39. The molecule has 0 aromatic heterocycles. The van der Waals surface area contributed by atoms with Gasteiger partial charge in [-0.3, -0.25) is 4.79 Å². The highest BCUT2D eigenvalue weighted by Gasteiger charge is 2.35. The fraction of sp³-hybridized carbons (Fsp3) is 0.519. The number of halogens is 1. The summed E-state index contributed by atoms with van der Waals surface area (Å²) in [6.45, 7) is 6.78. The first-order chi connectivity index (χ1) is 17.3. The van der Waals surface area contributed by atoms with Gasteiger partial charge in [0.05, 0.1) is 18.0 Å². The highest BCUT2D eigenvalue weighted by atomic mass is 35.5. The molecule has 1 aliphatic heterocycles. The Hall–Kier alpha value is -2.29. The SMILES string of the molecule is CCOc1ccc(S(=O)(=O)N(CC(=O)N2CCN(c3cc(Cl)ccc3C)CC2)C2CCCCC2)cc1. The van der Waals surface area contributed by atoms with Gasteiger partial charge in [0.2, 0.25) is 15.9 Å². The Morgan fingerprint density at radius 3 is 2.33 bits per heavy atom. The smallest absolute Gasteiger partial charge is 0.243 e. The summed E-state index contributed by atoms with van der Waals surface area (Å²) in [5.41, 5.74) is 2.22.